The Labute approximate surface area is 136 Å². The number of nitrogens with two attached hydrogens (primary N) is 1. The van der Waals surface area contributed by atoms with E-state index in [1.54, 1.807) is 0 Å². The van der Waals surface area contributed by atoms with Crippen molar-refractivity contribution in [3.05, 3.63) is 35.4 Å². The van der Waals surface area contributed by atoms with Gasteiger partial charge in [-0.2, -0.15) is 13.2 Å². The summed E-state index contributed by atoms with van der Waals surface area (Å²) < 4.78 is 39.3. The fourth-order valence-corrected chi connectivity index (χ4v) is 2.85. The Balaban J connectivity index is 2.21. The van der Waals surface area contributed by atoms with E-state index >= 15 is 0 Å². The van der Waals surface area contributed by atoms with Crippen molar-refractivity contribution in [3.63, 3.8) is 0 Å². The molecule has 6 nitrogen and oxygen atoms in total. The average molecular weight is 345 g/mol. The summed E-state index contributed by atoms with van der Waals surface area (Å²) in [6.07, 6.45) is -3.67. The number of nitrogens with one attached hydrogen (secondary N) is 1. The topological polar surface area (TPSA) is 95.7 Å². The lowest BCUT2D eigenvalue weighted by molar-refractivity contribution is -0.139. The summed E-state index contributed by atoms with van der Waals surface area (Å²) in [5.41, 5.74) is 4.03. The molecule has 0 bridgehead atoms. The largest absolute Gasteiger partial charge is 0.416 e. The molecular formula is C15H18F3N3O3. The molecule has 3 amide bonds. The van der Waals surface area contributed by atoms with Gasteiger partial charge in [-0.05, 0) is 24.5 Å². The number of carbonyl (C=O) groups is 2. The summed E-state index contributed by atoms with van der Waals surface area (Å²) in [5, 5.41) is 11.8. The first-order valence-electron chi connectivity index (χ1n) is 7.39. The van der Waals surface area contributed by atoms with Crippen LogP contribution in [0.2, 0.25) is 0 Å². The van der Waals surface area contributed by atoms with E-state index in [2.05, 4.69) is 5.32 Å². The number of rotatable bonds is 4. The van der Waals surface area contributed by atoms with Gasteiger partial charge in [-0.1, -0.05) is 18.2 Å². The Morgan fingerprint density at radius 2 is 2.04 bits per heavy atom. The van der Waals surface area contributed by atoms with Crippen LogP contribution in [-0.2, 0) is 11.0 Å². The van der Waals surface area contributed by atoms with Crippen LogP contribution < -0.4 is 11.1 Å². The summed E-state index contributed by atoms with van der Waals surface area (Å²) in [5.74, 6) is -0.637. The van der Waals surface area contributed by atoms with Gasteiger partial charge in [0.2, 0.25) is 5.91 Å². The zero-order chi connectivity index (χ0) is 17.9. The number of nitrogens with zero attached hydrogens (tertiary/aromatic N) is 1. The van der Waals surface area contributed by atoms with Crippen molar-refractivity contribution >= 4 is 11.9 Å². The fraction of sp³-hybridized carbons (Fsp3) is 0.467. The number of likely N-dealkylation sites (tertiary alicyclic amines) is 1. The van der Waals surface area contributed by atoms with Crippen LogP contribution in [0.4, 0.5) is 18.0 Å². The number of aliphatic hydroxyl groups excluding tert-OH is 1. The molecule has 1 saturated heterocycles. The van der Waals surface area contributed by atoms with Gasteiger partial charge in [-0.25, -0.2) is 4.79 Å². The molecule has 0 aliphatic carbocycles. The third kappa shape index (κ3) is 3.78. The van der Waals surface area contributed by atoms with Crippen LogP contribution in [0.25, 0.3) is 0 Å². The number of primary amides is 1. The SMILES string of the molecule is NC(=O)N1CCC[C@H]1C(=O)NC(CO)c1ccccc1C(F)(F)F. The van der Waals surface area contributed by atoms with Gasteiger partial charge in [0.15, 0.2) is 0 Å². The van der Waals surface area contributed by atoms with Crippen LogP contribution >= 0.6 is 0 Å². The van der Waals surface area contributed by atoms with E-state index in [1.807, 2.05) is 0 Å². The maximum Gasteiger partial charge on any atom is 0.416 e. The van der Waals surface area contributed by atoms with Crippen molar-refractivity contribution < 1.29 is 27.9 Å². The van der Waals surface area contributed by atoms with Crippen molar-refractivity contribution in [2.75, 3.05) is 13.2 Å². The lowest BCUT2D eigenvalue weighted by Gasteiger charge is -2.26. The van der Waals surface area contributed by atoms with Crippen LogP contribution in [0.15, 0.2) is 24.3 Å². The lowest BCUT2D eigenvalue weighted by Crippen LogP contribution is -2.49. The van der Waals surface area contributed by atoms with Gasteiger partial charge < -0.3 is 21.1 Å². The summed E-state index contributed by atoms with van der Waals surface area (Å²) in [6.45, 7) is -0.390. The van der Waals surface area contributed by atoms with E-state index in [1.165, 1.54) is 23.1 Å². The number of alkyl halides is 3. The molecule has 0 saturated carbocycles. The van der Waals surface area contributed by atoms with Gasteiger partial charge in [0.25, 0.3) is 0 Å². The highest BCUT2D eigenvalue weighted by atomic mass is 19.4. The molecule has 0 aromatic heterocycles. The number of benzene rings is 1. The average Bonchev–Trinajstić information content (AvgIpc) is 3.01. The Morgan fingerprint density at radius 1 is 1.38 bits per heavy atom. The molecule has 132 valence electrons. The number of aliphatic hydroxyl groups is 1. The minimum Gasteiger partial charge on any atom is -0.394 e. The summed E-state index contributed by atoms with van der Waals surface area (Å²) in [6, 6.07) is 1.88. The van der Waals surface area contributed by atoms with Gasteiger partial charge in [-0.15, -0.1) is 0 Å². The molecule has 2 rings (SSSR count). The second kappa shape index (κ2) is 7.08. The molecule has 1 fully saturated rings. The molecule has 1 unspecified atom stereocenters. The Bertz CT molecular complexity index is 621. The Hall–Kier alpha value is -2.29. The van der Waals surface area contributed by atoms with Crippen LogP contribution in [0.1, 0.15) is 30.0 Å². The maximum atomic E-state index is 13.1. The molecule has 1 aromatic carbocycles. The van der Waals surface area contributed by atoms with Crippen LogP contribution in [0.3, 0.4) is 0 Å². The molecule has 0 spiro atoms. The van der Waals surface area contributed by atoms with E-state index in [4.69, 9.17) is 5.73 Å². The van der Waals surface area contributed by atoms with Crippen molar-refractivity contribution in [2.45, 2.75) is 31.1 Å². The highest BCUT2D eigenvalue weighted by Gasteiger charge is 2.37. The second-order valence-corrected chi connectivity index (χ2v) is 5.52. The first-order valence-corrected chi connectivity index (χ1v) is 7.39. The number of amides is 3. The molecule has 4 N–H and O–H groups in total. The number of hydrogen-bond acceptors (Lipinski definition) is 3. The number of hydrogen-bond donors (Lipinski definition) is 3. The molecule has 1 aliphatic rings. The summed E-state index contributed by atoms with van der Waals surface area (Å²) in [7, 11) is 0. The van der Waals surface area contributed by atoms with Gasteiger partial charge >= 0.3 is 12.2 Å². The van der Waals surface area contributed by atoms with E-state index in [-0.39, 0.29) is 5.56 Å². The minimum absolute atomic E-state index is 0.232. The molecular weight excluding hydrogens is 327 g/mol. The second-order valence-electron chi connectivity index (χ2n) is 5.52. The van der Waals surface area contributed by atoms with E-state index in [9.17, 15) is 27.9 Å². The molecule has 9 heteroatoms. The standard InChI is InChI=1S/C15H18F3N3O3/c16-15(17,18)10-5-2-1-4-9(10)11(8-22)20-13(23)12-6-3-7-21(12)14(19)24/h1-2,4-5,11-12,22H,3,6-8H2,(H2,19,24)(H,20,23)/t11?,12-/m0/s1. The monoisotopic (exact) mass is 345 g/mol. The first-order chi connectivity index (χ1) is 11.3. The van der Waals surface area contributed by atoms with Crippen LogP contribution in [-0.4, -0.2) is 41.1 Å². The smallest absolute Gasteiger partial charge is 0.394 e. The van der Waals surface area contributed by atoms with Gasteiger partial charge in [0, 0.05) is 6.54 Å². The predicted octanol–water partition coefficient (Wildman–Crippen LogP) is 1.40. The maximum absolute atomic E-state index is 13.1. The minimum atomic E-state index is -4.61. The van der Waals surface area contributed by atoms with E-state index in [0.29, 0.717) is 19.4 Å². The highest BCUT2D eigenvalue weighted by Crippen LogP contribution is 2.34. The third-order valence-corrected chi connectivity index (χ3v) is 3.98. The molecule has 24 heavy (non-hydrogen) atoms. The van der Waals surface area contributed by atoms with E-state index < -0.39 is 42.4 Å². The van der Waals surface area contributed by atoms with Crippen LogP contribution in [0.5, 0.6) is 0 Å². The molecule has 2 atom stereocenters. The van der Waals surface area contributed by atoms with Gasteiger partial charge in [-0.3, -0.25) is 4.79 Å². The number of urea groups is 1. The van der Waals surface area contributed by atoms with Crippen molar-refractivity contribution in [1.82, 2.24) is 10.2 Å². The molecule has 1 heterocycles. The Kier molecular flexibility index (Phi) is 5.33. The Morgan fingerprint density at radius 3 is 2.62 bits per heavy atom. The predicted molar refractivity (Wildman–Crippen MR) is 78.7 cm³/mol. The van der Waals surface area contributed by atoms with Crippen LogP contribution in [0, 0.1) is 0 Å². The first kappa shape index (κ1) is 18.1. The van der Waals surface area contributed by atoms with Gasteiger partial charge in [0.05, 0.1) is 18.2 Å². The van der Waals surface area contributed by atoms with Crippen molar-refractivity contribution in [2.24, 2.45) is 5.73 Å². The third-order valence-electron chi connectivity index (χ3n) is 3.98. The van der Waals surface area contributed by atoms with E-state index in [0.717, 1.165) is 6.07 Å². The lowest BCUT2D eigenvalue weighted by atomic mass is 9.99. The van der Waals surface area contributed by atoms with Crippen molar-refractivity contribution in [1.29, 1.82) is 0 Å². The zero-order valence-corrected chi connectivity index (χ0v) is 12.7. The normalized spacial score (nSPS) is 19.2. The quantitative estimate of drug-likeness (QED) is 0.770. The van der Waals surface area contributed by atoms with Gasteiger partial charge in [0.1, 0.15) is 6.04 Å². The molecule has 0 radical (unpaired) electrons. The number of halogens is 3. The summed E-state index contributed by atoms with van der Waals surface area (Å²) >= 11 is 0. The van der Waals surface area contributed by atoms with Crippen molar-refractivity contribution in [3.8, 4) is 0 Å². The fourth-order valence-electron chi connectivity index (χ4n) is 2.85. The number of carbonyl (C=O) groups excluding carboxylic acids is 2. The zero-order valence-electron chi connectivity index (χ0n) is 12.7. The molecule has 1 aromatic rings. The highest BCUT2D eigenvalue weighted by molar-refractivity contribution is 5.87. The molecule has 1 aliphatic heterocycles. The summed E-state index contributed by atoms with van der Waals surface area (Å²) in [4.78, 5) is 24.8.